The first kappa shape index (κ1) is 13.0. The highest BCUT2D eigenvalue weighted by molar-refractivity contribution is 7.98. The molecule has 94 valence electrons. The Morgan fingerprint density at radius 1 is 1.33 bits per heavy atom. The Kier molecular flexibility index (Phi) is 4.28. The Bertz CT molecular complexity index is 533. The van der Waals surface area contributed by atoms with Crippen molar-refractivity contribution in [1.29, 1.82) is 0 Å². The smallest absolute Gasteiger partial charge is 0.147 e. The number of anilines is 1. The van der Waals surface area contributed by atoms with E-state index in [0.29, 0.717) is 10.9 Å². The van der Waals surface area contributed by atoms with Gasteiger partial charge in [-0.05, 0) is 18.2 Å². The molecule has 0 aliphatic carbocycles. The van der Waals surface area contributed by atoms with E-state index in [1.54, 1.807) is 25.1 Å². The molecule has 0 spiro atoms. The van der Waals surface area contributed by atoms with Gasteiger partial charge in [0.1, 0.15) is 10.9 Å². The summed E-state index contributed by atoms with van der Waals surface area (Å²) in [6.07, 6.45) is 3.19. The third-order valence-electron chi connectivity index (χ3n) is 2.27. The van der Waals surface area contributed by atoms with E-state index in [2.05, 4.69) is 9.97 Å². The zero-order chi connectivity index (χ0) is 13.0. The van der Waals surface area contributed by atoms with Gasteiger partial charge in [-0.3, -0.25) is 4.98 Å². The Labute approximate surface area is 115 Å². The van der Waals surface area contributed by atoms with Crippen LogP contribution in [0.15, 0.2) is 35.5 Å². The minimum Gasteiger partial charge on any atom is -0.497 e. The lowest BCUT2D eigenvalue weighted by atomic mass is 10.3. The van der Waals surface area contributed by atoms with E-state index in [1.165, 1.54) is 6.20 Å². The van der Waals surface area contributed by atoms with Crippen LogP contribution in [0.25, 0.3) is 0 Å². The number of methoxy groups -OCH3 is 1. The summed E-state index contributed by atoms with van der Waals surface area (Å²) in [6.45, 7) is 0. The third-order valence-corrected chi connectivity index (χ3v) is 3.57. The van der Waals surface area contributed by atoms with E-state index < -0.39 is 0 Å². The van der Waals surface area contributed by atoms with Crippen LogP contribution in [-0.4, -0.2) is 17.1 Å². The number of aromatic nitrogens is 2. The second-order valence-electron chi connectivity index (χ2n) is 3.52. The first-order valence-electron chi connectivity index (χ1n) is 5.22. The molecule has 0 aliphatic rings. The number of hydrogen-bond donors (Lipinski definition) is 1. The number of nitrogen functional groups attached to an aromatic ring is 1. The van der Waals surface area contributed by atoms with Crippen LogP contribution < -0.4 is 10.5 Å². The molecule has 0 saturated heterocycles. The molecule has 1 aromatic heterocycles. The summed E-state index contributed by atoms with van der Waals surface area (Å²) in [5, 5.41) is 0.393. The first-order valence-corrected chi connectivity index (χ1v) is 6.58. The summed E-state index contributed by atoms with van der Waals surface area (Å²) in [5.41, 5.74) is 7.48. The average Bonchev–Trinajstić information content (AvgIpc) is 2.40. The summed E-state index contributed by atoms with van der Waals surface area (Å²) in [6, 6.07) is 5.57. The standard InChI is InChI=1S/C12H12ClN3OS/c1-17-9-2-3-10(14)11(4-9)18-7-8-5-16-12(13)6-15-8/h2-6H,7,14H2,1H3. The maximum Gasteiger partial charge on any atom is 0.147 e. The van der Waals surface area contributed by atoms with Gasteiger partial charge in [0.2, 0.25) is 0 Å². The van der Waals surface area contributed by atoms with Gasteiger partial charge < -0.3 is 10.5 Å². The van der Waals surface area contributed by atoms with E-state index in [4.69, 9.17) is 22.1 Å². The average molecular weight is 282 g/mol. The number of rotatable bonds is 4. The molecule has 0 saturated carbocycles. The molecule has 0 aliphatic heterocycles. The Hall–Kier alpha value is -1.46. The van der Waals surface area contributed by atoms with Gasteiger partial charge in [0.25, 0.3) is 0 Å². The number of benzene rings is 1. The SMILES string of the molecule is COc1ccc(N)c(SCc2cnc(Cl)cn2)c1. The van der Waals surface area contributed by atoms with E-state index >= 15 is 0 Å². The van der Waals surface area contributed by atoms with Crippen molar-refractivity contribution in [3.63, 3.8) is 0 Å². The highest BCUT2D eigenvalue weighted by Crippen LogP contribution is 2.30. The summed E-state index contributed by atoms with van der Waals surface area (Å²) in [4.78, 5) is 9.12. The lowest BCUT2D eigenvalue weighted by molar-refractivity contribution is 0.414. The van der Waals surface area contributed by atoms with Gasteiger partial charge in [-0.2, -0.15) is 0 Å². The van der Waals surface area contributed by atoms with Gasteiger partial charge in [-0.25, -0.2) is 4.98 Å². The minimum absolute atomic E-state index is 0.393. The maximum atomic E-state index is 5.90. The number of nitrogens with two attached hydrogens (primary N) is 1. The van der Waals surface area contributed by atoms with Crippen LogP contribution in [0.2, 0.25) is 5.15 Å². The Morgan fingerprint density at radius 2 is 2.17 bits per heavy atom. The van der Waals surface area contributed by atoms with E-state index in [9.17, 15) is 0 Å². The molecule has 0 amide bonds. The topological polar surface area (TPSA) is 61.0 Å². The Morgan fingerprint density at radius 3 is 2.83 bits per heavy atom. The summed E-state index contributed by atoms with van der Waals surface area (Å²) < 4.78 is 5.16. The summed E-state index contributed by atoms with van der Waals surface area (Å²) in [7, 11) is 1.63. The first-order chi connectivity index (χ1) is 8.69. The quantitative estimate of drug-likeness (QED) is 0.689. The molecule has 0 unspecified atom stereocenters. The molecule has 0 fully saturated rings. The predicted octanol–water partition coefficient (Wildman–Crippen LogP) is 3.01. The van der Waals surface area contributed by atoms with E-state index in [-0.39, 0.29) is 0 Å². The molecule has 1 heterocycles. The van der Waals surface area contributed by atoms with Gasteiger partial charge in [-0.15, -0.1) is 11.8 Å². The van der Waals surface area contributed by atoms with Gasteiger partial charge >= 0.3 is 0 Å². The lowest BCUT2D eigenvalue weighted by Gasteiger charge is -2.07. The predicted molar refractivity (Wildman–Crippen MR) is 74.0 cm³/mol. The van der Waals surface area contributed by atoms with Crippen molar-refractivity contribution in [2.75, 3.05) is 12.8 Å². The zero-order valence-corrected chi connectivity index (χ0v) is 11.3. The van der Waals surface area contributed by atoms with Crippen molar-refractivity contribution < 1.29 is 4.74 Å². The largest absolute Gasteiger partial charge is 0.497 e. The van der Waals surface area contributed by atoms with Crippen LogP contribution >= 0.6 is 23.4 Å². The third kappa shape index (κ3) is 3.27. The van der Waals surface area contributed by atoms with Crippen LogP contribution in [0.1, 0.15) is 5.69 Å². The second-order valence-corrected chi connectivity index (χ2v) is 4.93. The number of halogens is 1. The van der Waals surface area contributed by atoms with Crippen molar-refractivity contribution in [3.05, 3.63) is 41.4 Å². The van der Waals surface area contributed by atoms with Crippen LogP contribution in [0.5, 0.6) is 5.75 Å². The zero-order valence-electron chi connectivity index (χ0n) is 9.76. The van der Waals surface area contributed by atoms with E-state index in [0.717, 1.165) is 22.0 Å². The van der Waals surface area contributed by atoms with E-state index in [1.807, 2.05) is 18.2 Å². The lowest BCUT2D eigenvalue weighted by Crippen LogP contribution is -1.92. The number of ether oxygens (including phenoxy) is 1. The minimum atomic E-state index is 0.393. The second kappa shape index (κ2) is 5.93. The molecule has 0 radical (unpaired) electrons. The molecule has 6 heteroatoms. The molecule has 2 rings (SSSR count). The fourth-order valence-corrected chi connectivity index (χ4v) is 2.32. The van der Waals surface area contributed by atoms with Crippen LogP contribution in [0.3, 0.4) is 0 Å². The van der Waals surface area contributed by atoms with Crippen LogP contribution in [0.4, 0.5) is 5.69 Å². The van der Waals surface area contributed by atoms with Crippen molar-refractivity contribution in [2.24, 2.45) is 0 Å². The van der Waals surface area contributed by atoms with Gasteiger partial charge in [0.05, 0.1) is 25.2 Å². The van der Waals surface area contributed by atoms with Crippen molar-refractivity contribution in [2.45, 2.75) is 10.6 Å². The van der Waals surface area contributed by atoms with Crippen molar-refractivity contribution in [1.82, 2.24) is 9.97 Å². The molecule has 0 bridgehead atoms. The summed E-state index contributed by atoms with van der Waals surface area (Å²) >= 11 is 7.26. The van der Waals surface area contributed by atoms with Crippen molar-refractivity contribution in [3.8, 4) is 5.75 Å². The molecule has 18 heavy (non-hydrogen) atoms. The summed E-state index contributed by atoms with van der Waals surface area (Å²) in [5.74, 6) is 1.47. The molecular weight excluding hydrogens is 270 g/mol. The monoisotopic (exact) mass is 281 g/mol. The number of hydrogen-bond acceptors (Lipinski definition) is 5. The van der Waals surface area contributed by atoms with Gasteiger partial charge in [0.15, 0.2) is 0 Å². The molecule has 2 aromatic rings. The van der Waals surface area contributed by atoms with Crippen LogP contribution in [-0.2, 0) is 5.75 Å². The highest BCUT2D eigenvalue weighted by atomic mass is 35.5. The fourth-order valence-electron chi connectivity index (χ4n) is 1.33. The number of nitrogens with zero attached hydrogens (tertiary/aromatic N) is 2. The molecule has 2 N–H and O–H groups in total. The Balaban J connectivity index is 2.07. The molecular formula is C12H12ClN3OS. The normalized spacial score (nSPS) is 10.3. The van der Waals surface area contributed by atoms with Gasteiger partial charge in [-0.1, -0.05) is 11.6 Å². The van der Waals surface area contributed by atoms with Crippen molar-refractivity contribution >= 4 is 29.1 Å². The fraction of sp³-hybridized carbons (Fsp3) is 0.167. The van der Waals surface area contributed by atoms with Gasteiger partial charge in [0, 0.05) is 16.3 Å². The molecule has 4 nitrogen and oxygen atoms in total. The highest BCUT2D eigenvalue weighted by Gasteiger charge is 2.04. The number of thioether (sulfide) groups is 1. The molecule has 0 atom stereocenters. The molecule has 1 aromatic carbocycles. The van der Waals surface area contributed by atoms with Crippen LogP contribution in [0, 0.1) is 0 Å². The maximum absolute atomic E-state index is 5.90.